The van der Waals surface area contributed by atoms with Crippen molar-refractivity contribution in [3.8, 4) is 0 Å². The number of hydrogen-bond acceptors (Lipinski definition) is 6. The number of nitrogens with zero attached hydrogens (tertiary/aromatic N) is 1. The quantitative estimate of drug-likeness (QED) is 0.541. The van der Waals surface area contributed by atoms with Gasteiger partial charge in [-0.3, -0.25) is 19.3 Å². The van der Waals surface area contributed by atoms with Crippen molar-refractivity contribution in [3.05, 3.63) is 64.9 Å². The molecule has 0 aliphatic carbocycles. The molecule has 1 aromatic heterocycles. The molecule has 3 aromatic rings. The summed E-state index contributed by atoms with van der Waals surface area (Å²) in [7, 11) is 1.39. The van der Waals surface area contributed by atoms with Gasteiger partial charge in [0, 0.05) is 23.7 Å². The maximum Gasteiger partial charge on any atom is 0.375 e. The van der Waals surface area contributed by atoms with Crippen molar-refractivity contribution < 1.29 is 28.3 Å². The number of amides is 3. The highest BCUT2D eigenvalue weighted by Crippen LogP contribution is 2.26. The van der Waals surface area contributed by atoms with Gasteiger partial charge in [-0.25, -0.2) is 4.79 Å². The molecular formula is C21H16N2O6. The summed E-state index contributed by atoms with van der Waals surface area (Å²) in [5.41, 5.74) is 2.01. The maximum absolute atomic E-state index is 12.3. The molecule has 146 valence electrons. The fourth-order valence-corrected chi connectivity index (χ4v) is 3.20. The number of fused-ring (bicyclic) bond motifs is 2. The first kappa shape index (κ1) is 18.4. The summed E-state index contributed by atoms with van der Waals surface area (Å²) in [6.45, 7) is 1.21. The van der Waals surface area contributed by atoms with Gasteiger partial charge >= 0.3 is 5.97 Å². The van der Waals surface area contributed by atoms with Crippen molar-refractivity contribution in [2.75, 3.05) is 19.0 Å². The number of para-hydroxylation sites is 1. The fourth-order valence-electron chi connectivity index (χ4n) is 3.20. The van der Waals surface area contributed by atoms with Crippen LogP contribution in [-0.2, 0) is 9.53 Å². The van der Waals surface area contributed by atoms with Crippen LogP contribution < -0.4 is 5.32 Å². The van der Waals surface area contributed by atoms with Gasteiger partial charge in [-0.2, -0.15) is 0 Å². The van der Waals surface area contributed by atoms with E-state index >= 15 is 0 Å². The molecule has 0 saturated carbocycles. The Morgan fingerprint density at radius 2 is 1.79 bits per heavy atom. The minimum absolute atomic E-state index is 0.0451. The second-order valence-corrected chi connectivity index (χ2v) is 6.61. The van der Waals surface area contributed by atoms with E-state index in [1.54, 1.807) is 19.1 Å². The van der Waals surface area contributed by atoms with Gasteiger partial charge in [-0.1, -0.05) is 18.2 Å². The fraction of sp³-hybridized carbons (Fsp3) is 0.143. The van der Waals surface area contributed by atoms with E-state index in [1.807, 2.05) is 12.1 Å². The summed E-state index contributed by atoms with van der Waals surface area (Å²) in [5, 5.41) is 3.34. The molecule has 8 nitrogen and oxygen atoms in total. The number of aryl methyl sites for hydroxylation is 1. The molecule has 1 aliphatic heterocycles. The Bertz CT molecular complexity index is 1190. The second kappa shape index (κ2) is 6.90. The molecular weight excluding hydrogens is 376 g/mol. The Balaban J connectivity index is 1.42. The topological polar surface area (TPSA) is 106 Å². The number of esters is 1. The smallest absolute Gasteiger partial charge is 0.375 e. The first-order chi connectivity index (χ1) is 13.9. The van der Waals surface area contributed by atoms with Crippen LogP contribution >= 0.6 is 0 Å². The molecule has 29 heavy (non-hydrogen) atoms. The number of carbonyl (C=O) groups excluding carboxylic acids is 4. The number of imide groups is 1. The summed E-state index contributed by atoms with van der Waals surface area (Å²) >= 11 is 0. The predicted molar refractivity (Wildman–Crippen MR) is 103 cm³/mol. The summed E-state index contributed by atoms with van der Waals surface area (Å²) in [4.78, 5) is 49.4. The van der Waals surface area contributed by atoms with Crippen molar-refractivity contribution in [2.45, 2.75) is 6.92 Å². The molecule has 0 fully saturated rings. The maximum atomic E-state index is 12.3. The van der Waals surface area contributed by atoms with Gasteiger partial charge in [0.05, 0.1) is 11.1 Å². The zero-order valence-corrected chi connectivity index (χ0v) is 15.6. The van der Waals surface area contributed by atoms with E-state index in [2.05, 4.69) is 5.32 Å². The van der Waals surface area contributed by atoms with Crippen LogP contribution in [0.4, 0.5) is 5.69 Å². The van der Waals surface area contributed by atoms with Crippen molar-refractivity contribution in [2.24, 2.45) is 0 Å². The molecule has 2 aromatic carbocycles. The third-order valence-corrected chi connectivity index (χ3v) is 4.74. The Morgan fingerprint density at radius 3 is 2.55 bits per heavy atom. The first-order valence-corrected chi connectivity index (χ1v) is 8.78. The van der Waals surface area contributed by atoms with Crippen molar-refractivity contribution in [3.63, 3.8) is 0 Å². The Kier molecular flexibility index (Phi) is 4.38. The molecule has 0 saturated heterocycles. The van der Waals surface area contributed by atoms with E-state index in [0.717, 1.165) is 10.3 Å². The van der Waals surface area contributed by atoms with Gasteiger partial charge in [0.25, 0.3) is 17.7 Å². The molecule has 0 bridgehead atoms. The Morgan fingerprint density at radius 1 is 1.07 bits per heavy atom. The van der Waals surface area contributed by atoms with E-state index in [1.165, 1.54) is 25.2 Å². The van der Waals surface area contributed by atoms with Gasteiger partial charge < -0.3 is 14.5 Å². The lowest BCUT2D eigenvalue weighted by atomic mass is 10.1. The number of nitrogens with one attached hydrogen (secondary N) is 1. The normalized spacial score (nSPS) is 13.0. The minimum atomic E-state index is -0.745. The molecule has 1 aliphatic rings. The molecule has 1 N–H and O–H groups in total. The highest BCUT2D eigenvalue weighted by Gasteiger charge is 2.32. The molecule has 0 atom stereocenters. The molecule has 3 amide bonds. The third-order valence-electron chi connectivity index (χ3n) is 4.74. The zero-order chi connectivity index (χ0) is 20.7. The number of benzene rings is 2. The highest BCUT2D eigenvalue weighted by molar-refractivity contribution is 6.21. The largest absolute Gasteiger partial charge is 0.450 e. The van der Waals surface area contributed by atoms with Crippen molar-refractivity contribution in [1.82, 2.24) is 4.90 Å². The number of anilines is 1. The summed E-state index contributed by atoms with van der Waals surface area (Å²) < 4.78 is 10.6. The first-order valence-electron chi connectivity index (χ1n) is 8.78. The van der Waals surface area contributed by atoms with Crippen LogP contribution in [0.15, 0.2) is 46.9 Å². The van der Waals surface area contributed by atoms with E-state index in [9.17, 15) is 19.2 Å². The zero-order valence-electron chi connectivity index (χ0n) is 15.6. The molecule has 2 heterocycles. The van der Waals surface area contributed by atoms with Crippen LogP contribution in [0.1, 0.15) is 36.8 Å². The lowest BCUT2D eigenvalue weighted by Crippen LogP contribution is -2.24. The average molecular weight is 392 g/mol. The van der Waals surface area contributed by atoms with E-state index < -0.39 is 30.3 Å². The van der Waals surface area contributed by atoms with Gasteiger partial charge in [0.2, 0.25) is 5.76 Å². The van der Waals surface area contributed by atoms with Crippen molar-refractivity contribution in [1.29, 1.82) is 0 Å². The Labute approximate surface area is 165 Å². The number of ether oxygens (including phenoxy) is 1. The summed E-state index contributed by atoms with van der Waals surface area (Å²) in [6, 6.07) is 11.6. The van der Waals surface area contributed by atoms with Crippen molar-refractivity contribution >= 4 is 40.3 Å². The average Bonchev–Trinajstić information content (AvgIpc) is 3.16. The number of rotatable bonds is 4. The van der Waals surface area contributed by atoms with Gasteiger partial charge in [-0.05, 0) is 31.2 Å². The van der Waals surface area contributed by atoms with E-state index in [4.69, 9.17) is 9.15 Å². The van der Waals surface area contributed by atoms with Crippen LogP contribution in [0.2, 0.25) is 0 Å². The molecule has 0 spiro atoms. The van der Waals surface area contributed by atoms with Crippen LogP contribution in [0.5, 0.6) is 0 Å². The van der Waals surface area contributed by atoms with E-state index in [0.29, 0.717) is 16.8 Å². The SMILES string of the molecule is Cc1c(C(=O)OCC(=O)Nc2ccc3c(c2)C(=O)N(C)C3=O)oc2ccccc12. The highest BCUT2D eigenvalue weighted by atomic mass is 16.5. The standard InChI is InChI=1S/C21H16N2O6/c1-11-13-5-3-4-6-16(13)29-18(11)21(27)28-10-17(24)22-12-7-8-14-15(9-12)20(26)23(2)19(14)25/h3-9H,10H2,1-2H3,(H,22,24). The van der Waals surface area contributed by atoms with Crippen LogP contribution in [0.3, 0.4) is 0 Å². The van der Waals surface area contributed by atoms with Crippen LogP contribution in [0, 0.1) is 6.92 Å². The lowest BCUT2D eigenvalue weighted by molar-refractivity contribution is -0.119. The van der Waals surface area contributed by atoms with Gasteiger partial charge in [-0.15, -0.1) is 0 Å². The number of furan rings is 1. The number of hydrogen-bond donors (Lipinski definition) is 1. The van der Waals surface area contributed by atoms with E-state index in [-0.39, 0.29) is 16.9 Å². The summed E-state index contributed by atoms with van der Waals surface area (Å²) in [5.74, 6) is -2.11. The van der Waals surface area contributed by atoms with Crippen LogP contribution in [-0.4, -0.2) is 42.2 Å². The molecule has 0 unspecified atom stereocenters. The minimum Gasteiger partial charge on any atom is -0.450 e. The van der Waals surface area contributed by atoms with Crippen LogP contribution in [0.25, 0.3) is 11.0 Å². The van der Waals surface area contributed by atoms with Gasteiger partial charge in [0.1, 0.15) is 5.58 Å². The second-order valence-electron chi connectivity index (χ2n) is 6.61. The van der Waals surface area contributed by atoms with Gasteiger partial charge in [0.15, 0.2) is 6.61 Å². The predicted octanol–water partition coefficient (Wildman–Crippen LogP) is 2.76. The Hall–Kier alpha value is -3.94. The number of carbonyl (C=O) groups is 4. The third kappa shape index (κ3) is 3.14. The lowest BCUT2D eigenvalue weighted by Gasteiger charge is -2.07. The monoisotopic (exact) mass is 392 g/mol. The molecule has 8 heteroatoms. The molecule has 0 radical (unpaired) electrons. The summed E-state index contributed by atoms with van der Waals surface area (Å²) in [6.07, 6.45) is 0. The molecule has 4 rings (SSSR count).